The summed E-state index contributed by atoms with van der Waals surface area (Å²) in [5.41, 5.74) is 4.55. The number of H-pyrrole nitrogens is 1. The van der Waals surface area contributed by atoms with Crippen LogP contribution in [0.25, 0.3) is 10.9 Å². The van der Waals surface area contributed by atoms with Crippen LogP contribution in [0.15, 0.2) is 42.6 Å². The van der Waals surface area contributed by atoms with Crippen LogP contribution in [0.2, 0.25) is 0 Å². The van der Waals surface area contributed by atoms with Gasteiger partial charge in [-0.25, -0.2) is 0 Å². The Labute approximate surface area is 116 Å². The molecule has 2 aromatic carbocycles. The number of aromatic amines is 1. The van der Waals surface area contributed by atoms with E-state index in [-0.39, 0.29) is 5.91 Å². The van der Waals surface area contributed by atoms with Crippen LogP contribution in [-0.2, 0) is 0 Å². The molecule has 1 heterocycles. The molecule has 0 aliphatic rings. The lowest BCUT2D eigenvalue weighted by Crippen LogP contribution is -2.12. The topological polar surface area (TPSA) is 57.8 Å². The first kappa shape index (κ1) is 12.4. The molecule has 0 spiro atoms. The summed E-state index contributed by atoms with van der Waals surface area (Å²) in [5.74, 6) is -0.123. The van der Waals surface area contributed by atoms with Gasteiger partial charge in [0.2, 0.25) is 0 Å². The summed E-state index contributed by atoms with van der Waals surface area (Å²) < 4.78 is 0. The Hall–Kier alpha value is -2.62. The fourth-order valence-corrected chi connectivity index (χ4v) is 2.41. The molecule has 4 heteroatoms. The normalized spacial score (nSPS) is 10.7. The van der Waals surface area contributed by atoms with Crippen molar-refractivity contribution in [2.75, 3.05) is 5.32 Å². The van der Waals surface area contributed by atoms with Gasteiger partial charge in [0, 0.05) is 11.1 Å². The summed E-state index contributed by atoms with van der Waals surface area (Å²) in [4.78, 5) is 12.4. The van der Waals surface area contributed by atoms with Gasteiger partial charge >= 0.3 is 0 Å². The van der Waals surface area contributed by atoms with E-state index in [1.54, 1.807) is 12.3 Å². The molecule has 1 aromatic heterocycles. The molecule has 1 amide bonds. The third-order valence-electron chi connectivity index (χ3n) is 3.21. The molecule has 2 N–H and O–H groups in total. The quantitative estimate of drug-likeness (QED) is 0.745. The highest BCUT2D eigenvalue weighted by molar-refractivity contribution is 6.12. The molecular formula is C16H15N3O. The second kappa shape index (κ2) is 4.81. The first-order valence-electron chi connectivity index (χ1n) is 6.45. The minimum Gasteiger partial charge on any atom is -0.322 e. The lowest BCUT2D eigenvalue weighted by atomic mass is 10.1. The number of aromatic nitrogens is 2. The lowest BCUT2D eigenvalue weighted by Gasteiger charge is -2.08. The number of carbonyl (C=O) groups excluding carboxylic acids is 1. The van der Waals surface area contributed by atoms with Crippen molar-refractivity contribution in [2.24, 2.45) is 0 Å². The standard InChI is InChI=1S/C16H15N3O/c1-10-6-11(2)8-12(7-10)18-16(20)13-4-3-5-15-14(13)9-17-19-15/h3-9H,1-2H3,(H,17,19)(H,18,20). The summed E-state index contributed by atoms with van der Waals surface area (Å²) in [6.45, 7) is 4.03. The summed E-state index contributed by atoms with van der Waals surface area (Å²) in [5, 5.41) is 10.6. The van der Waals surface area contributed by atoms with Crippen molar-refractivity contribution in [1.29, 1.82) is 0 Å². The molecule has 3 aromatic rings. The van der Waals surface area contributed by atoms with Crippen molar-refractivity contribution in [3.63, 3.8) is 0 Å². The zero-order valence-corrected chi connectivity index (χ0v) is 11.4. The molecule has 0 bridgehead atoms. The second-order valence-electron chi connectivity index (χ2n) is 4.97. The van der Waals surface area contributed by atoms with Crippen LogP contribution in [0.4, 0.5) is 5.69 Å². The Morgan fingerprint density at radius 1 is 1.15 bits per heavy atom. The van der Waals surface area contributed by atoms with Crippen LogP contribution >= 0.6 is 0 Å². The Morgan fingerprint density at radius 3 is 2.65 bits per heavy atom. The molecule has 4 nitrogen and oxygen atoms in total. The van der Waals surface area contributed by atoms with Crippen molar-refractivity contribution >= 4 is 22.5 Å². The predicted octanol–water partition coefficient (Wildman–Crippen LogP) is 3.43. The van der Waals surface area contributed by atoms with Gasteiger partial charge in [0.05, 0.1) is 17.3 Å². The van der Waals surface area contributed by atoms with Crippen LogP contribution in [0.3, 0.4) is 0 Å². The van der Waals surface area contributed by atoms with E-state index in [0.717, 1.165) is 27.7 Å². The van der Waals surface area contributed by atoms with Crippen molar-refractivity contribution in [3.8, 4) is 0 Å². The van der Waals surface area contributed by atoms with Gasteiger partial charge in [-0.1, -0.05) is 12.1 Å². The number of anilines is 1. The zero-order valence-electron chi connectivity index (χ0n) is 11.4. The fourth-order valence-electron chi connectivity index (χ4n) is 2.41. The van der Waals surface area contributed by atoms with E-state index < -0.39 is 0 Å². The molecule has 0 saturated heterocycles. The highest BCUT2D eigenvalue weighted by atomic mass is 16.1. The number of benzene rings is 2. The number of nitrogens with zero attached hydrogens (tertiary/aromatic N) is 1. The zero-order chi connectivity index (χ0) is 14.1. The Bertz CT molecular complexity index is 769. The summed E-state index contributed by atoms with van der Waals surface area (Å²) in [6.07, 6.45) is 1.67. The lowest BCUT2D eigenvalue weighted by molar-refractivity contribution is 0.102. The third kappa shape index (κ3) is 2.28. The van der Waals surface area contributed by atoms with Crippen molar-refractivity contribution in [2.45, 2.75) is 13.8 Å². The molecule has 0 atom stereocenters. The van der Waals surface area contributed by atoms with E-state index in [0.29, 0.717) is 5.56 Å². The summed E-state index contributed by atoms with van der Waals surface area (Å²) >= 11 is 0. The number of hydrogen-bond acceptors (Lipinski definition) is 2. The van der Waals surface area contributed by atoms with Gasteiger partial charge in [-0.15, -0.1) is 0 Å². The van der Waals surface area contributed by atoms with Crippen molar-refractivity contribution in [3.05, 3.63) is 59.3 Å². The van der Waals surface area contributed by atoms with E-state index in [4.69, 9.17) is 0 Å². The maximum Gasteiger partial charge on any atom is 0.256 e. The molecule has 0 fully saturated rings. The largest absolute Gasteiger partial charge is 0.322 e. The smallest absolute Gasteiger partial charge is 0.256 e. The van der Waals surface area contributed by atoms with Gasteiger partial charge in [0.25, 0.3) is 5.91 Å². The average Bonchev–Trinajstić information content (AvgIpc) is 2.85. The molecule has 0 aliphatic heterocycles. The minimum absolute atomic E-state index is 0.123. The molecular weight excluding hydrogens is 250 g/mol. The number of amides is 1. The van der Waals surface area contributed by atoms with E-state index in [1.165, 1.54) is 0 Å². The Kier molecular flexibility index (Phi) is 2.99. The third-order valence-corrected chi connectivity index (χ3v) is 3.21. The molecule has 0 aliphatic carbocycles. The molecule has 20 heavy (non-hydrogen) atoms. The number of hydrogen-bond donors (Lipinski definition) is 2. The van der Waals surface area contributed by atoms with E-state index >= 15 is 0 Å². The highest BCUT2D eigenvalue weighted by Crippen LogP contribution is 2.19. The minimum atomic E-state index is -0.123. The maximum atomic E-state index is 12.4. The van der Waals surface area contributed by atoms with Crippen LogP contribution in [0.1, 0.15) is 21.5 Å². The van der Waals surface area contributed by atoms with Gasteiger partial charge < -0.3 is 5.32 Å². The SMILES string of the molecule is Cc1cc(C)cc(NC(=O)c2cccc3[nH]ncc23)c1. The molecule has 3 rings (SSSR count). The first-order chi connectivity index (χ1) is 9.63. The van der Waals surface area contributed by atoms with Crippen LogP contribution in [-0.4, -0.2) is 16.1 Å². The van der Waals surface area contributed by atoms with E-state index in [2.05, 4.69) is 21.6 Å². The van der Waals surface area contributed by atoms with Crippen LogP contribution in [0, 0.1) is 13.8 Å². The molecule has 0 radical (unpaired) electrons. The number of carbonyl (C=O) groups is 1. The number of rotatable bonds is 2. The fraction of sp³-hybridized carbons (Fsp3) is 0.125. The number of aryl methyl sites for hydroxylation is 2. The molecule has 0 saturated carbocycles. The maximum absolute atomic E-state index is 12.4. The van der Waals surface area contributed by atoms with E-state index in [9.17, 15) is 4.79 Å². The van der Waals surface area contributed by atoms with Gasteiger partial charge in [-0.2, -0.15) is 5.10 Å². The van der Waals surface area contributed by atoms with Crippen LogP contribution < -0.4 is 5.32 Å². The number of nitrogens with one attached hydrogen (secondary N) is 2. The second-order valence-corrected chi connectivity index (χ2v) is 4.97. The van der Waals surface area contributed by atoms with Gasteiger partial charge in [0.1, 0.15) is 0 Å². The summed E-state index contributed by atoms with van der Waals surface area (Å²) in [7, 11) is 0. The van der Waals surface area contributed by atoms with Gasteiger partial charge in [-0.05, 0) is 49.2 Å². The first-order valence-corrected chi connectivity index (χ1v) is 6.45. The predicted molar refractivity (Wildman–Crippen MR) is 80.0 cm³/mol. The monoisotopic (exact) mass is 265 g/mol. The van der Waals surface area contributed by atoms with Gasteiger partial charge in [0.15, 0.2) is 0 Å². The molecule has 0 unspecified atom stereocenters. The Balaban J connectivity index is 1.95. The highest BCUT2D eigenvalue weighted by Gasteiger charge is 2.11. The Morgan fingerprint density at radius 2 is 1.90 bits per heavy atom. The van der Waals surface area contributed by atoms with Crippen molar-refractivity contribution in [1.82, 2.24) is 10.2 Å². The van der Waals surface area contributed by atoms with Gasteiger partial charge in [-0.3, -0.25) is 9.89 Å². The van der Waals surface area contributed by atoms with Crippen LogP contribution in [0.5, 0.6) is 0 Å². The average molecular weight is 265 g/mol. The van der Waals surface area contributed by atoms with E-state index in [1.807, 2.05) is 38.1 Å². The molecule has 100 valence electrons. The number of fused-ring (bicyclic) bond motifs is 1. The summed E-state index contributed by atoms with van der Waals surface area (Å²) in [6, 6.07) is 11.5. The van der Waals surface area contributed by atoms with Crippen molar-refractivity contribution < 1.29 is 4.79 Å².